The number of hydrogen-bond donors (Lipinski definition) is 1. The molecule has 0 radical (unpaired) electrons. The van der Waals surface area contributed by atoms with Crippen LogP contribution in [0.2, 0.25) is 5.02 Å². The zero-order valence-corrected chi connectivity index (χ0v) is 15.8. The Labute approximate surface area is 166 Å². The number of ether oxygens (including phenoxy) is 2. The molecule has 3 amide bonds. The number of nitrogens with zero attached hydrogens (tertiary/aromatic N) is 1. The number of hydrogen-bond acceptors (Lipinski definition) is 5. The van der Waals surface area contributed by atoms with E-state index < -0.39 is 17.5 Å². The molecular weight excluding hydrogens is 384 g/mol. The van der Waals surface area contributed by atoms with E-state index >= 15 is 0 Å². The lowest BCUT2D eigenvalue weighted by Gasteiger charge is -2.23. The average Bonchev–Trinajstić information content (AvgIpc) is 2.91. The van der Waals surface area contributed by atoms with E-state index in [0.717, 1.165) is 4.90 Å². The second-order valence-electron chi connectivity index (χ2n) is 6.71. The summed E-state index contributed by atoms with van der Waals surface area (Å²) in [6.07, 6.45) is 0. The standard InChI is InChI=1S/C20H17ClN2O5/c1-20(13-4-2-3-5-14(13)21)18(25)23(19(26)22-20)11-15(24)12-6-7-16-17(10-12)28-9-8-27-16/h2-7,10H,8-9,11H2,1H3,(H,22,26). The summed E-state index contributed by atoms with van der Waals surface area (Å²) in [5.74, 6) is 0.111. The van der Waals surface area contributed by atoms with Crippen LogP contribution in [0.3, 0.4) is 0 Å². The Morgan fingerprint density at radius 2 is 1.86 bits per heavy atom. The highest BCUT2D eigenvalue weighted by molar-refractivity contribution is 6.32. The molecule has 0 spiro atoms. The summed E-state index contributed by atoms with van der Waals surface area (Å²) in [5, 5.41) is 3.01. The molecule has 0 aromatic heterocycles. The Balaban J connectivity index is 1.57. The number of amides is 3. The number of benzene rings is 2. The van der Waals surface area contributed by atoms with Gasteiger partial charge in [-0.1, -0.05) is 29.8 Å². The number of halogens is 1. The predicted octanol–water partition coefficient (Wildman–Crippen LogP) is 2.76. The van der Waals surface area contributed by atoms with Gasteiger partial charge in [0.1, 0.15) is 18.8 Å². The van der Waals surface area contributed by atoms with Crippen molar-refractivity contribution >= 4 is 29.3 Å². The highest BCUT2D eigenvalue weighted by atomic mass is 35.5. The summed E-state index contributed by atoms with van der Waals surface area (Å²) in [6.45, 7) is 2.03. The summed E-state index contributed by atoms with van der Waals surface area (Å²) in [6, 6.07) is 10.9. The Morgan fingerprint density at radius 3 is 2.61 bits per heavy atom. The number of fused-ring (bicyclic) bond motifs is 1. The van der Waals surface area contributed by atoms with Crippen LogP contribution in [-0.2, 0) is 10.3 Å². The molecule has 0 bridgehead atoms. The highest BCUT2D eigenvalue weighted by Crippen LogP contribution is 2.34. The van der Waals surface area contributed by atoms with Gasteiger partial charge >= 0.3 is 6.03 Å². The number of ketones is 1. The summed E-state index contributed by atoms with van der Waals surface area (Å²) < 4.78 is 10.9. The van der Waals surface area contributed by atoms with Gasteiger partial charge in [0.25, 0.3) is 5.91 Å². The van der Waals surface area contributed by atoms with Crippen LogP contribution in [0.25, 0.3) is 0 Å². The quantitative estimate of drug-likeness (QED) is 0.630. The van der Waals surface area contributed by atoms with Crippen LogP contribution in [0.4, 0.5) is 4.79 Å². The maximum absolute atomic E-state index is 13.0. The van der Waals surface area contributed by atoms with Gasteiger partial charge in [0.2, 0.25) is 0 Å². The normalized spacial score (nSPS) is 20.9. The maximum atomic E-state index is 13.0. The highest BCUT2D eigenvalue weighted by Gasteiger charge is 2.50. The van der Waals surface area contributed by atoms with Crippen LogP contribution in [0, 0.1) is 0 Å². The first-order valence-corrected chi connectivity index (χ1v) is 9.10. The lowest BCUT2D eigenvalue weighted by molar-refractivity contribution is -0.130. The minimum atomic E-state index is -1.33. The zero-order chi connectivity index (χ0) is 19.9. The van der Waals surface area contributed by atoms with Gasteiger partial charge in [0.05, 0.1) is 6.54 Å². The van der Waals surface area contributed by atoms with Crippen molar-refractivity contribution in [3.63, 3.8) is 0 Å². The average molecular weight is 401 g/mol. The molecule has 1 saturated heterocycles. The third-order valence-electron chi connectivity index (χ3n) is 4.85. The molecule has 1 N–H and O–H groups in total. The van der Waals surface area contributed by atoms with E-state index in [0.29, 0.717) is 40.9 Å². The van der Waals surface area contributed by atoms with Gasteiger partial charge in [-0.25, -0.2) is 4.79 Å². The molecule has 2 aromatic rings. The number of nitrogens with one attached hydrogen (secondary N) is 1. The van der Waals surface area contributed by atoms with Crippen LogP contribution in [0.5, 0.6) is 11.5 Å². The fourth-order valence-electron chi connectivity index (χ4n) is 3.34. The fraction of sp³-hybridized carbons (Fsp3) is 0.250. The minimum absolute atomic E-state index is 0.330. The van der Waals surface area contributed by atoms with E-state index in [-0.39, 0.29) is 12.3 Å². The van der Waals surface area contributed by atoms with Gasteiger partial charge in [0.15, 0.2) is 17.3 Å². The molecule has 0 saturated carbocycles. The Bertz CT molecular complexity index is 992. The lowest BCUT2D eigenvalue weighted by Crippen LogP contribution is -2.41. The van der Waals surface area contributed by atoms with Crippen LogP contribution >= 0.6 is 11.6 Å². The van der Waals surface area contributed by atoms with Crippen molar-refractivity contribution in [2.75, 3.05) is 19.8 Å². The van der Waals surface area contributed by atoms with Crippen molar-refractivity contribution in [1.29, 1.82) is 0 Å². The summed E-state index contributed by atoms with van der Waals surface area (Å²) in [5.41, 5.74) is -0.525. The summed E-state index contributed by atoms with van der Waals surface area (Å²) in [7, 11) is 0. The van der Waals surface area contributed by atoms with Gasteiger partial charge in [-0.3, -0.25) is 14.5 Å². The Morgan fingerprint density at radius 1 is 1.14 bits per heavy atom. The lowest BCUT2D eigenvalue weighted by atomic mass is 9.92. The largest absolute Gasteiger partial charge is 0.486 e. The van der Waals surface area contributed by atoms with Crippen LogP contribution < -0.4 is 14.8 Å². The molecule has 1 unspecified atom stereocenters. The molecular formula is C20H17ClN2O5. The molecule has 2 heterocycles. The van der Waals surface area contributed by atoms with Crippen molar-refractivity contribution in [3.8, 4) is 11.5 Å². The van der Waals surface area contributed by atoms with E-state index in [1.807, 2.05) is 0 Å². The van der Waals surface area contributed by atoms with Crippen molar-refractivity contribution < 1.29 is 23.9 Å². The first kappa shape index (κ1) is 18.3. The van der Waals surface area contributed by atoms with E-state index in [1.165, 1.54) is 0 Å². The Hall–Kier alpha value is -3.06. The SMILES string of the molecule is CC1(c2ccccc2Cl)NC(=O)N(CC(=O)c2ccc3c(c2)OCCO3)C1=O. The maximum Gasteiger partial charge on any atom is 0.325 e. The monoisotopic (exact) mass is 400 g/mol. The van der Waals surface area contributed by atoms with Gasteiger partial charge in [0, 0.05) is 16.1 Å². The third-order valence-corrected chi connectivity index (χ3v) is 5.18. The number of urea groups is 1. The van der Waals surface area contributed by atoms with Crippen LogP contribution in [-0.4, -0.2) is 42.4 Å². The molecule has 7 nitrogen and oxygen atoms in total. The number of rotatable bonds is 4. The smallest absolute Gasteiger partial charge is 0.325 e. The van der Waals surface area contributed by atoms with Crippen molar-refractivity contribution in [1.82, 2.24) is 10.2 Å². The third kappa shape index (κ3) is 2.97. The van der Waals surface area contributed by atoms with Gasteiger partial charge in [-0.05, 0) is 31.2 Å². The molecule has 1 fully saturated rings. The second kappa shape index (κ2) is 6.83. The molecule has 144 valence electrons. The van der Waals surface area contributed by atoms with Gasteiger partial charge in [-0.15, -0.1) is 0 Å². The first-order chi connectivity index (χ1) is 13.4. The number of Topliss-reactive ketones (excluding diaryl/α,β-unsaturated/α-hetero) is 1. The van der Waals surface area contributed by atoms with Crippen molar-refractivity contribution in [3.05, 3.63) is 58.6 Å². The fourth-order valence-corrected chi connectivity index (χ4v) is 3.67. The first-order valence-electron chi connectivity index (χ1n) is 8.72. The molecule has 1 atom stereocenters. The molecule has 8 heteroatoms. The molecule has 2 aliphatic rings. The molecule has 4 rings (SSSR count). The van der Waals surface area contributed by atoms with Crippen LogP contribution in [0.15, 0.2) is 42.5 Å². The molecule has 2 aliphatic heterocycles. The second-order valence-corrected chi connectivity index (χ2v) is 7.12. The number of imide groups is 1. The van der Waals surface area contributed by atoms with Crippen molar-refractivity contribution in [2.45, 2.75) is 12.5 Å². The molecule has 28 heavy (non-hydrogen) atoms. The topological polar surface area (TPSA) is 84.9 Å². The summed E-state index contributed by atoms with van der Waals surface area (Å²) >= 11 is 6.21. The van der Waals surface area contributed by atoms with E-state index in [4.69, 9.17) is 21.1 Å². The van der Waals surface area contributed by atoms with Gasteiger partial charge in [-0.2, -0.15) is 0 Å². The van der Waals surface area contributed by atoms with E-state index in [9.17, 15) is 14.4 Å². The predicted molar refractivity (Wildman–Crippen MR) is 101 cm³/mol. The van der Waals surface area contributed by atoms with Crippen LogP contribution in [0.1, 0.15) is 22.8 Å². The number of carbonyl (C=O) groups is 3. The van der Waals surface area contributed by atoms with E-state index in [1.54, 1.807) is 49.4 Å². The Kier molecular flexibility index (Phi) is 4.47. The molecule has 2 aromatic carbocycles. The molecule has 0 aliphatic carbocycles. The van der Waals surface area contributed by atoms with Crippen molar-refractivity contribution in [2.24, 2.45) is 0 Å². The zero-order valence-electron chi connectivity index (χ0n) is 15.0. The van der Waals surface area contributed by atoms with Gasteiger partial charge < -0.3 is 14.8 Å². The van der Waals surface area contributed by atoms with E-state index in [2.05, 4.69) is 5.32 Å². The number of carbonyl (C=O) groups excluding carboxylic acids is 3. The summed E-state index contributed by atoms with van der Waals surface area (Å²) in [4.78, 5) is 39.0. The minimum Gasteiger partial charge on any atom is -0.486 e.